The lowest BCUT2D eigenvalue weighted by atomic mass is 10.3. The molecule has 0 saturated heterocycles. The number of hydrogen-bond donors (Lipinski definition) is 2. The Morgan fingerprint density at radius 2 is 2.00 bits per heavy atom. The minimum atomic E-state index is -3.50. The Bertz CT molecular complexity index is 608. The zero-order chi connectivity index (χ0) is 13.7. The van der Waals surface area contributed by atoms with E-state index in [-0.39, 0.29) is 11.4 Å². The first kappa shape index (κ1) is 13.5. The molecule has 0 unspecified atom stereocenters. The van der Waals surface area contributed by atoms with Crippen molar-refractivity contribution in [2.75, 3.05) is 18.9 Å². The molecule has 2 rings (SSSR count). The largest absolute Gasteiger partial charge is 0.388 e. The van der Waals surface area contributed by atoms with Crippen molar-refractivity contribution in [2.24, 2.45) is 0 Å². The van der Waals surface area contributed by atoms with Crippen LogP contribution in [0.15, 0.2) is 40.1 Å². The van der Waals surface area contributed by atoms with Gasteiger partial charge in [0, 0.05) is 25.7 Å². The van der Waals surface area contributed by atoms with Gasteiger partial charge >= 0.3 is 0 Å². The van der Waals surface area contributed by atoms with Gasteiger partial charge in [-0.15, -0.1) is 0 Å². The second kappa shape index (κ2) is 5.81. The molecular weight excluding hydrogens is 268 g/mol. The second-order valence-electron chi connectivity index (χ2n) is 3.77. The van der Waals surface area contributed by atoms with Crippen molar-refractivity contribution in [1.29, 1.82) is 0 Å². The van der Waals surface area contributed by atoms with Gasteiger partial charge < -0.3 is 9.84 Å². The molecule has 0 fully saturated rings. The Hall–Kier alpha value is -1.93. The quantitative estimate of drug-likeness (QED) is 0.806. The van der Waals surface area contributed by atoms with Crippen LogP contribution in [0.25, 0.3) is 0 Å². The highest BCUT2D eigenvalue weighted by Crippen LogP contribution is 2.13. The molecule has 1 aromatic heterocycles. The third-order valence-electron chi connectivity index (χ3n) is 2.50. The van der Waals surface area contributed by atoms with Gasteiger partial charge in [0.25, 0.3) is 0 Å². The second-order valence-corrected chi connectivity index (χ2v) is 5.54. The van der Waals surface area contributed by atoms with Crippen molar-refractivity contribution >= 4 is 15.7 Å². The van der Waals surface area contributed by atoms with Crippen LogP contribution in [0.3, 0.4) is 0 Å². The molecule has 0 amide bonds. The van der Waals surface area contributed by atoms with Gasteiger partial charge in [-0.05, 0) is 24.3 Å². The summed E-state index contributed by atoms with van der Waals surface area (Å²) >= 11 is 0. The number of nitrogens with zero attached hydrogens (tertiary/aromatic N) is 2. The summed E-state index contributed by atoms with van der Waals surface area (Å²) in [5, 5.41) is 6.53. The molecule has 7 nitrogen and oxygen atoms in total. The van der Waals surface area contributed by atoms with Gasteiger partial charge in [-0.3, -0.25) is 0 Å². The summed E-state index contributed by atoms with van der Waals surface area (Å²) in [7, 11) is -1.73. The zero-order valence-corrected chi connectivity index (χ0v) is 11.1. The molecule has 0 spiro atoms. The Labute approximate surface area is 111 Å². The molecule has 1 heterocycles. The third-order valence-corrected chi connectivity index (χ3v) is 3.98. The zero-order valence-electron chi connectivity index (χ0n) is 10.3. The molecule has 0 saturated carbocycles. The number of anilines is 1. The summed E-state index contributed by atoms with van der Waals surface area (Å²) in [6.07, 6.45) is 1.59. The predicted octanol–water partition coefficient (Wildman–Crippen LogP) is 0.632. The van der Waals surface area contributed by atoms with Gasteiger partial charge in [-0.1, -0.05) is 5.16 Å². The molecule has 102 valence electrons. The lowest BCUT2D eigenvalue weighted by molar-refractivity contribution is 0.410. The molecule has 19 heavy (non-hydrogen) atoms. The molecular formula is C11H14N4O3S. The maximum absolute atomic E-state index is 12.0. The third kappa shape index (κ3) is 3.52. The number of aromatic nitrogens is 2. The Balaban J connectivity index is 1.97. The van der Waals surface area contributed by atoms with Crippen LogP contribution in [0.4, 0.5) is 5.69 Å². The molecule has 2 N–H and O–H groups in total. The van der Waals surface area contributed by atoms with Crippen molar-refractivity contribution in [1.82, 2.24) is 14.9 Å². The maximum atomic E-state index is 12.0. The number of benzene rings is 1. The average molecular weight is 282 g/mol. The van der Waals surface area contributed by atoms with E-state index in [2.05, 4.69) is 24.7 Å². The van der Waals surface area contributed by atoms with Gasteiger partial charge in [0.15, 0.2) is 5.82 Å². The van der Waals surface area contributed by atoms with Crippen LogP contribution >= 0.6 is 0 Å². The van der Waals surface area contributed by atoms with Gasteiger partial charge in [0.1, 0.15) is 0 Å². The monoisotopic (exact) mass is 282 g/mol. The first-order chi connectivity index (χ1) is 9.12. The molecule has 0 radical (unpaired) electrons. The SMILES string of the molecule is CNc1ccc(S(=O)(=O)NCCc2ncon2)cc1. The van der Waals surface area contributed by atoms with Crippen molar-refractivity contribution < 1.29 is 12.9 Å². The molecule has 0 atom stereocenters. The fraction of sp³-hybridized carbons (Fsp3) is 0.273. The van der Waals surface area contributed by atoms with E-state index in [9.17, 15) is 8.42 Å². The predicted molar refractivity (Wildman–Crippen MR) is 69.2 cm³/mol. The lowest BCUT2D eigenvalue weighted by Crippen LogP contribution is -2.26. The summed E-state index contributed by atoms with van der Waals surface area (Å²) in [4.78, 5) is 4.03. The molecule has 1 aromatic carbocycles. The number of sulfonamides is 1. The van der Waals surface area contributed by atoms with Crippen LogP contribution in [0.2, 0.25) is 0 Å². The van der Waals surface area contributed by atoms with Crippen molar-refractivity contribution in [3.05, 3.63) is 36.5 Å². The van der Waals surface area contributed by atoms with Crippen LogP contribution in [-0.4, -0.2) is 32.2 Å². The summed E-state index contributed by atoms with van der Waals surface area (Å²) in [6.45, 7) is 0.218. The van der Waals surface area contributed by atoms with Crippen LogP contribution in [-0.2, 0) is 16.4 Å². The van der Waals surface area contributed by atoms with E-state index in [1.807, 2.05) is 0 Å². The lowest BCUT2D eigenvalue weighted by Gasteiger charge is -2.06. The minimum Gasteiger partial charge on any atom is -0.388 e. The number of rotatable bonds is 6. The van der Waals surface area contributed by atoms with Crippen LogP contribution in [0.5, 0.6) is 0 Å². The van der Waals surface area contributed by atoms with E-state index >= 15 is 0 Å². The standard InChI is InChI=1S/C11H14N4O3S/c1-12-9-2-4-10(5-3-9)19(16,17)14-7-6-11-13-8-18-15-11/h2-5,8,12,14H,6-7H2,1H3. The minimum absolute atomic E-state index is 0.218. The Morgan fingerprint density at radius 3 is 2.58 bits per heavy atom. The van der Waals surface area contributed by atoms with Gasteiger partial charge in [0.2, 0.25) is 16.4 Å². The fourth-order valence-corrected chi connectivity index (χ4v) is 2.52. The van der Waals surface area contributed by atoms with Crippen molar-refractivity contribution in [3.8, 4) is 0 Å². The highest BCUT2D eigenvalue weighted by Gasteiger charge is 2.13. The topological polar surface area (TPSA) is 97.1 Å². The van der Waals surface area contributed by atoms with E-state index in [1.54, 1.807) is 31.3 Å². The Morgan fingerprint density at radius 1 is 1.26 bits per heavy atom. The molecule has 0 aliphatic carbocycles. The first-order valence-corrected chi connectivity index (χ1v) is 7.13. The smallest absolute Gasteiger partial charge is 0.240 e. The van der Waals surface area contributed by atoms with Crippen LogP contribution in [0.1, 0.15) is 5.82 Å². The van der Waals surface area contributed by atoms with Gasteiger partial charge in [-0.25, -0.2) is 13.1 Å². The molecule has 0 aliphatic rings. The summed E-state index contributed by atoms with van der Waals surface area (Å²) in [5.74, 6) is 0.466. The highest BCUT2D eigenvalue weighted by atomic mass is 32.2. The van der Waals surface area contributed by atoms with Crippen molar-refractivity contribution in [2.45, 2.75) is 11.3 Å². The van der Waals surface area contributed by atoms with E-state index in [0.717, 1.165) is 5.69 Å². The normalized spacial score (nSPS) is 11.4. The molecule has 8 heteroatoms. The van der Waals surface area contributed by atoms with Gasteiger partial charge in [-0.2, -0.15) is 4.98 Å². The van der Waals surface area contributed by atoms with E-state index in [1.165, 1.54) is 6.39 Å². The maximum Gasteiger partial charge on any atom is 0.240 e. The first-order valence-electron chi connectivity index (χ1n) is 5.64. The summed E-state index contributed by atoms with van der Waals surface area (Å²) < 4.78 is 31.0. The molecule has 0 bridgehead atoms. The molecule has 0 aliphatic heterocycles. The van der Waals surface area contributed by atoms with Crippen LogP contribution < -0.4 is 10.0 Å². The average Bonchev–Trinajstić information content (AvgIpc) is 2.92. The van der Waals surface area contributed by atoms with E-state index in [0.29, 0.717) is 12.2 Å². The number of hydrogen-bond acceptors (Lipinski definition) is 6. The molecule has 2 aromatic rings. The van der Waals surface area contributed by atoms with E-state index < -0.39 is 10.0 Å². The van der Waals surface area contributed by atoms with Crippen molar-refractivity contribution in [3.63, 3.8) is 0 Å². The number of nitrogens with one attached hydrogen (secondary N) is 2. The van der Waals surface area contributed by atoms with E-state index in [4.69, 9.17) is 0 Å². The highest BCUT2D eigenvalue weighted by molar-refractivity contribution is 7.89. The Kier molecular flexibility index (Phi) is 4.13. The summed E-state index contributed by atoms with van der Waals surface area (Å²) in [5.41, 5.74) is 0.853. The fourth-order valence-electron chi connectivity index (χ4n) is 1.48. The van der Waals surface area contributed by atoms with Crippen LogP contribution in [0, 0.1) is 0 Å². The van der Waals surface area contributed by atoms with Gasteiger partial charge in [0.05, 0.1) is 4.90 Å². The summed E-state index contributed by atoms with van der Waals surface area (Å²) in [6, 6.07) is 6.49.